The number of benzene rings is 2. The minimum Gasteiger partial charge on any atom is -0.326 e. The van der Waals surface area contributed by atoms with Gasteiger partial charge in [0.1, 0.15) is 0 Å². The fourth-order valence-corrected chi connectivity index (χ4v) is 4.31. The molecule has 1 fully saturated rings. The van der Waals surface area contributed by atoms with E-state index in [1.54, 1.807) is 43.3 Å². The first-order valence-electron chi connectivity index (χ1n) is 8.95. The predicted molar refractivity (Wildman–Crippen MR) is 105 cm³/mol. The molecule has 142 valence electrons. The van der Waals surface area contributed by atoms with Crippen LogP contribution in [0, 0.1) is 5.92 Å². The first-order valence-corrected chi connectivity index (χ1v) is 10.6. The Morgan fingerprint density at radius 2 is 1.67 bits per heavy atom. The van der Waals surface area contributed by atoms with E-state index in [4.69, 9.17) is 0 Å². The van der Waals surface area contributed by atoms with Gasteiger partial charge >= 0.3 is 0 Å². The van der Waals surface area contributed by atoms with E-state index >= 15 is 0 Å². The van der Waals surface area contributed by atoms with E-state index in [0.717, 1.165) is 12.8 Å². The molecular weight excluding hydrogens is 364 g/mol. The standard InChI is InChI=1S/C20H22N2O4S/c1-2-12-27(25,26)18-9-4-3-8-17(18)20(24)22-16-7-5-6-15(13-16)21-19(23)14-10-11-14/h3-9,13-14H,2,10-12H2,1H3,(H,21,23)(H,22,24). The maximum absolute atomic E-state index is 12.7. The fraction of sp³-hybridized carbons (Fsp3) is 0.300. The molecule has 1 aliphatic carbocycles. The molecule has 0 bridgehead atoms. The zero-order valence-electron chi connectivity index (χ0n) is 15.1. The van der Waals surface area contributed by atoms with Crippen molar-refractivity contribution in [2.45, 2.75) is 31.1 Å². The monoisotopic (exact) mass is 386 g/mol. The van der Waals surface area contributed by atoms with Crippen molar-refractivity contribution in [3.8, 4) is 0 Å². The Hall–Kier alpha value is -2.67. The van der Waals surface area contributed by atoms with Gasteiger partial charge in [-0.2, -0.15) is 0 Å². The number of carbonyl (C=O) groups is 2. The number of anilines is 2. The van der Waals surface area contributed by atoms with Crippen LogP contribution in [-0.2, 0) is 14.6 Å². The largest absolute Gasteiger partial charge is 0.326 e. The molecule has 2 aromatic rings. The molecule has 7 heteroatoms. The Morgan fingerprint density at radius 1 is 1.00 bits per heavy atom. The van der Waals surface area contributed by atoms with Gasteiger partial charge in [-0.05, 0) is 49.6 Å². The zero-order valence-corrected chi connectivity index (χ0v) is 15.9. The maximum atomic E-state index is 12.7. The van der Waals surface area contributed by atoms with Crippen molar-refractivity contribution in [2.24, 2.45) is 5.92 Å². The van der Waals surface area contributed by atoms with Crippen LogP contribution in [-0.4, -0.2) is 26.0 Å². The first-order chi connectivity index (χ1) is 12.9. The van der Waals surface area contributed by atoms with Gasteiger partial charge in [0.15, 0.2) is 9.84 Å². The smallest absolute Gasteiger partial charge is 0.256 e. The number of hydrogen-bond acceptors (Lipinski definition) is 4. The van der Waals surface area contributed by atoms with E-state index in [-0.39, 0.29) is 28.0 Å². The van der Waals surface area contributed by atoms with Crippen LogP contribution in [0.5, 0.6) is 0 Å². The molecule has 0 spiro atoms. The second-order valence-electron chi connectivity index (χ2n) is 6.61. The fourth-order valence-electron chi connectivity index (χ4n) is 2.77. The number of nitrogens with one attached hydrogen (secondary N) is 2. The summed E-state index contributed by atoms with van der Waals surface area (Å²) in [5.41, 5.74) is 1.19. The summed E-state index contributed by atoms with van der Waals surface area (Å²) in [4.78, 5) is 24.6. The van der Waals surface area contributed by atoms with Crippen LogP contribution >= 0.6 is 0 Å². The van der Waals surface area contributed by atoms with Gasteiger partial charge in [-0.15, -0.1) is 0 Å². The summed E-state index contributed by atoms with van der Waals surface area (Å²) in [5, 5.41) is 5.54. The Kier molecular flexibility index (Phi) is 5.60. The van der Waals surface area contributed by atoms with Crippen molar-refractivity contribution in [2.75, 3.05) is 16.4 Å². The lowest BCUT2D eigenvalue weighted by Crippen LogP contribution is -2.18. The second-order valence-corrected chi connectivity index (χ2v) is 8.69. The van der Waals surface area contributed by atoms with E-state index in [2.05, 4.69) is 10.6 Å². The minimum atomic E-state index is -3.52. The van der Waals surface area contributed by atoms with Crippen LogP contribution in [0.4, 0.5) is 11.4 Å². The van der Waals surface area contributed by atoms with E-state index in [1.807, 2.05) is 0 Å². The van der Waals surface area contributed by atoms with Crippen molar-refractivity contribution in [1.29, 1.82) is 0 Å². The minimum absolute atomic E-state index is 0.0139. The van der Waals surface area contributed by atoms with Crippen LogP contribution in [0.15, 0.2) is 53.4 Å². The molecule has 2 aromatic carbocycles. The predicted octanol–water partition coefficient (Wildman–Crippen LogP) is 3.47. The lowest BCUT2D eigenvalue weighted by molar-refractivity contribution is -0.117. The highest BCUT2D eigenvalue weighted by Gasteiger charge is 2.29. The van der Waals surface area contributed by atoms with Gasteiger partial charge in [0, 0.05) is 17.3 Å². The summed E-state index contributed by atoms with van der Waals surface area (Å²) >= 11 is 0. The summed E-state index contributed by atoms with van der Waals surface area (Å²) in [5.74, 6) is -0.454. The molecule has 0 aromatic heterocycles. The number of sulfone groups is 1. The lowest BCUT2D eigenvalue weighted by atomic mass is 10.2. The Balaban J connectivity index is 1.79. The molecule has 2 N–H and O–H groups in total. The molecule has 27 heavy (non-hydrogen) atoms. The van der Waals surface area contributed by atoms with Gasteiger partial charge in [-0.25, -0.2) is 8.42 Å². The Labute approximate surface area is 158 Å². The molecule has 1 aliphatic rings. The zero-order chi connectivity index (χ0) is 19.4. The van der Waals surface area contributed by atoms with Crippen LogP contribution < -0.4 is 10.6 Å². The maximum Gasteiger partial charge on any atom is 0.256 e. The molecule has 0 radical (unpaired) electrons. The third-order valence-electron chi connectivity index (χ3n) is 4.28. The van der Waals surface area contributed by atoms with Crippen molar-refractivity contribution in [3.63, 3.8) is 0 Å². The van der Waals surface area contributed by atoms with E-state index in [9.17, 15) is 18.0 Å². The molecule has 2 amide bonds. The van der Waals surface area contributed by atoms with Gasteiger partial charge in [0.2, 0.25) is 5.91 Å². The van der Waals surface area contributed by atoms with Crippen molar-refractivity contribution in [1.82, 2.24) is 0 Å². The molecular formula is C20H22N2O4S. The molecule has 6 nitrogen and oxygen atoms in total. The highest BCUT2D eigenvalue weighted by Crippen LogP contribution is 2.30. The molecule has 0 unspecified atom stereocenters. The van der Waals surface area contributed by atoms with Gasteiger partial charge in [-0.1, -0.05) is 25.1 Å². The summed E-state index contributed by atoms with van der Waals surface area (Å²) < 4.78 is 24.9. The number of hydrogen-bond donors (Lipinski definition) is 2. The van der Waals surface area contributed by atoms with Crippen LogP contribution in [0.25, 0.3) is 0 Å². The third-order valence-corrected chi connectivity index (χ3v) is 6.25. The van der Waals surface area contributed by atoms with Crippen molar-refractivity contribution < 1.29 is 18.0 Å². The highest BCUT2D eigenvalue weighted by molar-refractivity contribution is 7.91. The average Bonchev–Trinajstić information content (AvgIpc) is 3.47. The van der Waals surface area contributed by atoms with Gasteiger partial charge in [0.05, 0.1) is 16.2 Å². The lowest BCUT2D eigenvalue weighted by Gasteiger charge is -2.12. The van der Waals surface area contributed by atoms with E-state index < -0.39 is 15.7 Å². The Morgan fingerprint density at radius 3 is 2.33 bits per heavy atom. The highest BCUT2D eigenvalue weighted by atomic mass is 32.2. The van der Waals surface area contributed by atoms with Crippen LogP contribution in [0.2, 0.25) is 0 Å². The van der Waals surface area contributed by atoms with Crippen molar-refractivity contribution >= 4 is 33.0 Å². The Bertz CT molecular complexity index is 965. The molecule has 0 atom stereocenters. The normalized spacial score (nSPS) is 13.8. The van der Waals surface area contributed by atoms with Crippen LogP contribution in [0.3, 0.4) is 0 Å². The molecule has 0 aliphatic heterocycles. The third kappa shape index (κ3) is 4.74. The first kappa shape index (κ1) is 19.1. The van der Waals surface area contributed by atoms with Crippen molar-refractivity contribution in [3.05, 3.63) is 54.1 Å². The van der Waals surface area contributed by atoms with Gasteiger partial charge in [0.25, 0.3) is 5.91 Å². The number of rotatable bonds is 7. The second kappa shape index (κ2) is 7.92. The molecule has 1 saturated carbocycles. The topological polar surface area (TPSA) is 92.3 Å². The summed E-state index contributed by atoms with van der Waals surface area (Å²) in [6.45, 7) is 1.78. The van der Waals surface area contributed by atoms with E-state index in [0.29, 0.717) is 17.8 Å². The SMILES string of the molecule is CCCS(=O)(=O)c1ccccc1C(=O)Nc1cccc(NC(=O)C2CC2)c1. The molecule has 0 heterocycles. The summed E-state index contributed by atoms with van der Waals surface area (Å²) in [7, 11) is -3.52. The molecule has 3 rings (SSSR count). The van der Waals surface area contributed by atoms with Crippen LogP contribution in [0.1, 0.15) is 36.5 Å². The quantitative estimate of drug-likeness (QED) is 0.762. The van der Waals surface area contributed by atoms with Gasteiger partial charge < -0.3 is 10.6 Å². The van der Waals surface area contributed by atoms with E-state index in [1.165, 1.54) is 12.1 Å². The van der Waals surface area contributed by atoms with Gasteiger partial charge in [-0.3, -0.25) is 9.59 Å². The number of amides is 2. The molecule has 0 saturated heterocycles. The summed E-state index contributed by atoms with van der Waals surface area (Å²) in [6, 6.07) is 13.0. The summed E-state index contributed by atoms with van der Waals surface area (Å²) in [6.07, 6.45) is 2.29. The number of carbonyl (C=O) groups excluding carboxylic acids is 2. The average molecular weight is 386 g/mol.